The Labute approximate surface area is 147 Å². The number of anilines is 1. The molecule has 2 aromatic carbocycles. The van der Waals surface area contributed by atoms with E-state index in [0.717, 1.165) is 4.47 Å². The molecule has 0 spiro atoms. The van der Waals surface area contributed by atoms with E-state index in [9.17, 15) is 9.59 Å². The van der Waals surface area contributed by atoms with E-state index in [1.54, 1.807) is 24.3 Å². The number of carbonyl (C=O) groups excluding carboxylic acids is 2. The predicted octanol–water partition coefficient (Wildman–Crippen LogP) is 3.26. The molecule has 0 aliphatic rings. The Morgan fingerprint density at radius 2 is 1.79 bits per heavy atom. The van der Waals surface area contributed by atoms with Gasteiger partial charge in [0.25, 0.3) is 5.91 Å². The number of benzene rings is 2. The first-order valence-corrected chi connectivity index (χ1v) is 7.77. The van der Waals surface area contributed by atoms with Crippen molar-refractivity contribution in [2.45, 2.75) is 0 Å². The quantitative estimate of drug-likeness (QED) is 0.762. The van der Waals surface area contributed by atoms with E-state index >= 15 is 0 Å². The van der Waals surface area contributed by atoms with Gasteiger partial charge in [0.05, 0.1) is 19.8 Å². The maximum absolute atomic E-state index is 12.0. The second-order valence-electron chi connectivity index (χ2n) is 4.70. The number of esters is 1. The molecule has 0 radical (unpaired) electrons. The molecule has 24 heavy (non-hydrogen) atoms. The third-order valence-electron chi connectivity index (χ3n) is 3.06. The lowest BCUT2D eigenvalue weighted by atomic mass is 10.2. The number of amides is 1. The summed E-state index contributed by atoms with van der Waals surface area (Å²) in [5.41, 5.74) is 0.874. The van der Waals surface area contributed by atoms with Gasteiger partial charge in [-0.15, -0.1) is 0 Å². The maximum atomic E-state index is 12.0. The van der Waals surface area contributed by atoms with Gasteiger partial charge < -0.3 is 19.5 Å². The first-order valence-electron chi connectivity index (χ1n) is 6.98. The maximum Gasteiger partial charge on any atom is 0.338 e. The van der Waals surface area contributed by atoms with Gasteiger partial charge >= 0.3 is 5.97 Å². The van der Waals surface area contributed by atoms with Crippen LogP contribution in [0.1, 0.15) is 10.4 Å². The van der Waals surface area contributed by atoms with Crippen molar-refractivity contribution in [3.63, 3.8) is 0 Å². The first kappa shape index (κ1) is 17.8. The van der Waals surface area contributed by atoms with Crippen LogP contribution < -0.4 is 14.8 Å². The molecule has 0 bridgehead atoms. The molecule has 0 saturated carbocycles. The Morgan fingerprint density at radius 3 is 2.46 bits per heavy atom. The molecule has 126 valence electrons. The molecular formula is C17H16BrNO5. The Bertz CT molecular complexity index is 748. The molecule has 0 unspecified atom stereocenters. The number of rotatable bonds is 6. The Balaban J connectivity index is 1.94. The van der Waals surface area contributed by atoms with Crippen LogP contribution in [0.4, 0.5) is 5.69 Å². The number of hydrogen-bond donors (Lipinski definition) is 1. The fourth-order valence-electron chi connectivity index (χ4n) is 1.94. The second-order valence-corrected chi connectivity index (χ2v) is 5.62. The van der Waals surface area contributed by atoms with E-state index in [-0.39, 0.29) is 12.2 Å². The van der Waals surface area contributed by atoms with Crippen LogP contribution in [0.3, 0.4) is 0 Å². The van der Waals surface area contributed by atoms with Gasteiger partial charge in [0.15, 0.2) is 18.1 Å². The highest BCUT2D eigenvalue weighted by Crippen LogP contribution is 2.27. The zero-order valence-corrected chi connectivity index (χ0v) is 14.8. The molecule has 0 saturated heterocycles. The molecule has 0 fully saturated rings. The summed E-state index contributed by atoms with van der Waals surface area (Å²) in [4.78, 5) is 23.9. The van der Waals surface area contributed by atoms with Crippen LogP contribution in [-0.4, -0.2) is 32.7 Å². The van der Waals surface area contributed by atoms with Crippen molar-refractivity contribution in [2.24, 2.45) is 0 Å². The van der Waals surface area contributed by atoms with E-state index < -0.39 is 11.9 Å². The summed E-state index contributed by atoms with van der Waals surface area (Å²) in [5.74, 6) is -0.144. The summed E-state index contributed by atoms with van der Waals surface area (Å²) in [6.07, 6.45) is 0. The van der Waals surface area contributed by atoms with Gasteiger partial charge in [0.1, 0.15) is 0 Å². The summed E-state index contributed by atoms with van der Waals surface area (Å²) in [7, 11) is 2.97. The molecule has 1 amide bonds. The van der Waals surface area contributed by atoms with Crippen LogP contribution in [-0.2, 0) is 9.53 Å². The van der Waals surface area contributed by atoms with Gasteiger partial charge in [-0.2, -0.15) is 0 Å². The molecule has 1 N–H and O–H groups in total. The number of ether oxygens (including phenoxy) is 3. The Hall–Kier alpha value is -2.54. The molecule has 0 aliphatic carbocycles. The average molecular weight is 394 g/mol. The molecule has 7 heteroatoms. The average Bonchev–Trinajstić information content (AvgIpc) is 2.59. The minimum Gasteiger partial charge on any atom is -0.493 e. The molecule has 0 aromatic heterocycles. The van der Waals surface area contributed by atoms with Gasteiger partial charge in [0, 0.05) is 10.2 Å². The van der Waals surface area contributed by atoms with Gasteiger partial charge in [-0.1, -0.05) is 22.0 Å². The van der Waals surface area contributed by atoms with Gasteiger partial charge in [0.2, 0.25) is 0 Å². The van der Waals surface area contributed by atoms with E-state index in [1.807, 2.05) is 6.07 Å². The van der Waals surface area contributed by atoms with Crippen LogP contribution in [0.15, 0.2) is 46.9 Å². The summed E-state index contributed by atoms with van der Waals surface area (Å²) in [6, 6.07) is 11.7. The lowest BCUT2D eigenvalue weighted by Gasteiger charge is -2.10. The Morgan fingerprint density at radius 1 is 1.04 bits per heavy atom. The fourth-order valence-corrected chi connectivity index (χ4v) is 2.34. The highest BCUT2D eigenvalue weighted by Gasteiger charge is 2.13. The van der Waals surface area contributed by atoms with E-state index in [4.69, 9.17) is 14.2 Å². The van der Waals surface area contributed by atoms with Gasteiger partial charge in [-0.25, -0.2) is 4.79 Å². The SMILES string of the molecule is COc1ccc(C(=O)OCC(=O)Nc2cccc(Br)c2)cc1OC. The van der Waals surface area contributed by atoms with E-state index in [2.05, 4.69) is 21.2 Å². The van der Waals surface area contributed by atoms with Crippen molar-refractivity contribution in [3.8, 4) is 11.5 Å². The summed E-state index contributed by atoms with van der Waals surface area (Å²) >= 11 is 3.31. The van der Waals surface area contributed by atoms with Crippen molar-refractivity contribution in [1.82, 2.24) is 0 Å². The molecule has 0 atom stereocenters. The zero-order valence-electron chi connectivity index (χ0n) is 13.2. The number of methoxy groups -OCH3 is 2. The number of halogens is 1. The molecule has 0 aliphatic heterocycles. The molecule has 2 rings (SSSR count). The number of hydrogen-bond acceptors (Lipinski definition) is 5. The third-order valence-corrected chi connectivity index (χ3v) is 3.56. The minimum absolute atomic E-state index is 0.267. The van der Waals surface area contributed by atoms with Crippen molar-refractivity contribution in [1.29, 1.82) is 0 Å². The highest BCUT2D eigenvalue weighted by atomic mass is 79.9. The first-order chi connectivity index (χ1) is 11.5. The zero-order chi connectivity index (χ0) is 17.5. The topological polar surface area (TPSA) is 73.9 Å². The predicted molar refractivity (Wildman–Crippen MR) is 92.6 cm³/mol. The Kier molecular flexibility index (Phi) is 6.20. The number of carbonyl (C=O) groups is 2. The van der Waals surface area contributed by atoms with E-state index in [0.29, 0.717) is 17.2 Å². The molecule has 0 heterocycles. The summed E-state index contributed by atoms with van der Waals surface area (Å²) in [5, 5.41) is 2.64. The van der Waals surface area contributed by atoms with Gasteiger partial charge in [-0.05, 0) is 36.4 Å². The fraction of sp³-hybridized carbons (Fsp3) is 0.176. The van der Waals surface area contributed by atoms with Crippen LogP contribution >= 0.6 is 15.9 Å². The van der Waals surface area contributed by atoms with Crippen molar-refractivity contribution in [3.05, 3.63) is 52.5 Å². The van der Waals surface area contributed by atoms with Gasteiger partial charge in [-0.3, -0.25) is 4.79 Å². The van der Waals surface area contributed by atoms with Crippen LogP contribution in [0.25, 0.3) is 0 Å². The lowest BCUT2D eigenvalue weighted by Crippen LogP contribution is -2.20. The highest BCUT2D eigenvalue weighted by molar-refractivity contribution is 9.10. The number of nitrogens with one attached hydrogen (secondary N) is 1. The smallest absolute Gasteiger partial charge is 0.338 e. The normalized spacial score (nSPS) is 9.96. The molecule has 2 aromatic rings. The minimum atomic E-state index is -0.625. The van der Waals surface area contributed by atoms with Crippen molar-refractivity contribution in [2.75, 3.05) is 26.1 Å². The summed E-state index contributed by atoms with van der Waals surface area (Å²) in [6.45, 7) is -0.389. The van der Waals surface area contributed by atoms with Crippen LogP contribution in [0.5, 0.6) is 11.5 Å². The lowest BCUT2D eigenvalue weighted by molar-refractivity contribution is -0.119. The van der Waals surface area contributed by atoms with Crippen molar-refractivity contribution >= 4 is 33.5 Å². The largest absolute Gasteiger partial charge is 0.493 e. The van der Waals surface area contributed by atoms with Crippen LogP contribution in [0, 0.1) is 0 Å². The molecule has 6 nitrogen and oxygen atoms in total. The van der Waals surface area contributed by atoms with Crippen molar-refractivity contribution < 1.29 is 23.8 Å². The van der Waals surface area contributed by atoms with Crippen LogP contribution in [0.2, 0.25) is 0 Å². The third kappa shape index (κ3) is 4.73. The monoisotopic (exact) mass is 393 g/mol. The summed E-state index contributed by atoms with van der Waals surface area (Å²) < 4.78 is 16.1. The van der Waals surface area contributed by atoms with E-state index in [1.165, 1.54) is 26.4 Å². The molecular weight excluding hydrogens is 378 g/mol. The second kappa shape index (κ2) is 8.35. The standard InChI is InChI=1S/C17H16BrNO5/c1-22-14-7-6-11(8-15(14)23-2)17(21)24-10-16(20)19-13-5-3-4-12(18)9-13/h3-9H,10H2,1-2H3,(H,19,20).